The van der Waals surface area contributed by atoms with E-state index in [0.717, 1.165) is 0 Å². The normalized spacial score (nSPS) is 27.2. The Balaban J connectivity index is 2.01. The Hall–Kier alpha value is -1.46. The summed E-state index contributed by atoms with van der Waals surface area (Å²) in [6.07, 6.45) is 2.70. The van der Waals surface area contributed by atoms with Crippen molar-refractivity contribution in [2.75, 3.05) is 0 Å². The summed E-state index contributed by atoms with van der Waals surface area (Å²) in [6.45, 7) is 3.57. The number of benzene rings is 1. The molecule has 1 aliphatic rings. The lowest BCUT2D eigenvalue weighted by atomic mass is 9.83. The summed E-state index contributed by atoms with van der Waals surface area (Å²) >= 11 is 0. The van der Waals surface area contributed by atoms with Crippen LogP contribution in [0.1, 0.15) is 61.5 Å². The number of aliphatic hydroxyl groups is 1. The number of hydrogen-bond donors (Lipinski definition) is 3. The average Bonchev–Trinajstić information content (AvgIpc) is 2.40. The van der Waals surface area contributed by atoms with Gasteiger partial charge in [0, 0.05) is 12.1 Å². The average molecular weight is 294 g/mol. The number of rotatable bonds is 3. The summed E-state index contributed by atoms with van der Waals surface area (Å²) in [5, 5.41) is 12.7. The molecule has 0 bridgehead atoms. The second-order valence-corrected chi connectivity index (χ2v) is 6.27. The molecule has 0 spiro atoms. The maximum atomic E-state index is 14.0. The van der Waals surface area contributed by atoms with E-state index in [2.05, 4.69) is 5.32 Å². The van der Waals surface area contributed by atoms with Gasteiger partial charge >= 0.3 is 0 Å². The van der Waals surface area contributed by atoms with Crippen molar-refractivity contribution in [1.29, 1.82) is 0 Å². The van der Waals surface area contributed by atoms with E-state index >= 15 is 0 Å². The standard InChI is InChI=1S/C16H23FN2O2/c1-10(18)11-3-4-13(14(17)9-11)15(20)19-12-5-7-16(2,21)8-6-12/h3-4,9-10,12,21H,5-8,18H2,1-2H3,(H,19,20). The second-order valence-electron chi connectivity index (χ2n) is 6.27. The lowest BCUT2D eigenvalue weighted by Crippen LogP contribution is -2.42. The molecular formula is C16H23FN2O2. The number of nitrogens with two attached hydrogens (primary N) is 1. The maximum absolute atomic E-state index is 14.0. The van der Waals surface area contributed by atoms with Crippen molar-refractivity contribution in [1.82, 2.24) is 5.32 Å². The molecule has 5 heteroatoms. The molecule has 4 nitrogen and oxygen atoms in total. The predicted molar refractivity (Wildman–Crippen MR) is 79.3 cm³/mol. The fourth-order valence-electron chi connectivity index (χ4n) is 2.65. The highest BCUT2D eigenvalue weighted by molar-refractivity contribution is 5.94. The highest BCUT2D eigenvalue weighted by Crippen LogP contribution is 2.28. The number of nitrogens with one attached hydrogen (secondary N) is 1. The topological polar surface area (TPSA) is 75.4 Å². The van der Waals surface area contributed by atoms with Crippen LogP contribution in [0.15, 0.2) is 18.2 Å². The van der Waals surface area contributed by atoms with Gasteiger partial charge in [-0.15, -0.1) is 0 Å². The molecule has 2 rings (SSSR count). The van der Waals surface area contributed by atoms with E-state index in [-0.39, 0.29) is 17.6 Å². The molecule has 1 aromatic carbocycles. The van der Waals surface area contributed by atoms with Crippen molar-refractivity contribution >= 4 is 5.91 Å². The molecule has 116 valence electrons. The van der Waals surface area contributed by atoms with Crippen LogP contribution in [0, 0.1) is 5.82 Å². The first-order chi connectivity index (χ1) is 9.78. The van der Waals surface area contributed by atoms with Gasteiger partial charge in [-0.2, -0.15) is 0 Å². The molecule has 1 amide bonds. The van der Waals surface area contributed by atoms with E-state index in [9.17, 15) is 14.3 Å². The third-order valence-electron chi connectivity index (χ3n) is 4.16. The summed E-state index contributed by atoms with van der Waals surface area (Å²) < 4.78 is 14.0. The lowest BCUT2D eigenvalue weighted by Gasteiger charge is -2.33. The summed E-state index contributed by atoms with van der Waals surface area (Å²) in [7, 11) is 0. The molecule has 1 fully saturated rings. The first-order valence-electron chi connectivity index (χ1n) is 7.37. The molecule has 0 aromatic heterocycles. The first-order valence-corrected chi connectivity index (χ1v) is 7.37. The zero-order valence-corrected chi connectivity index (χ0v) is 12.5. The van der Waals surface area contributed by atoms with Crippen LogP contribution in [0.25, 0.3) is 0 Å². The first kappa shape index (κ1) is 15.9. The van der Waals surface area contributed by atoms with Crippen LogP contribution in [0.2, 0.25) is 0 Å². The highest BCUT2D eigenvalue weighted by Gasteiger charge is 2.29. The summed E-state index contributed by atoms with van der Waals surface area (Å²) in [4.78, 5) is 12.1. The molecule has 0 heterocycles. The second kappa shape index (κ2) is 6.12. The fourth-order valence-corrected chi connectivity index (χ4v) is 2.65. The van der Waals surface area contributed by atoms with Gasteiger partial charge in [0.05, 0.1) is 11.2 Å². The van der Waals surface area contributed by atoms with Crippen LogP contribution in [-0.2, 0) is 0 Å². The monoisotopic (exact) mass is 294 g/mol. The van der Waals surface area contributed by atoms with E-state index in [1.54, 1.807) is 19.9 Å². The zero-order valence-electron chi connectivity index (χ0n) is 12.5. The Kier molecular flexibility index (Phi) is 4.64. The Morgan fingerprint density at radius 2 is 2.10 bits per heavy atom. The van der Waals surface area contributed by atoms with Crippen molar-refractivity contribution in [3.8, 4) is 0 Å². The highest BCUT2D eigenvalue weighted by atomic mass is 19.1. The molecule has 1 aromatic rings. The number of carbonyl (C=O) groups excluding carboxylic acids is 1. The summed E-state index contributed by atoms with van der Waals surface area (Å²) in [6, 6.07) is 4.18. The van der Waals surface area contributed by atoms with Crippen LogP contribution in [-0.4, -0.2) is 22.7 Å². The van der Waals surface area contributed by atoms with Crippen LogP contribution in [0.4, 0.5) is 4.39 Å². The molecule has 1 atom stereocenters. The van der Waals surface area contributed by atoms with Gasteiger partial charge in [0.15, 0.2) is 0 Å². The lowest BCUT2D eigenvalue weighted by molar-refractivity contribution is 0.0140. The molecule has 0 radical (unpaired) electrons. The minimum Gasteiger partial charge on any atom is -0.390 e. The summed E-state index contributed by atoms with van der Waals surface area (Å²) in [5.41, 5.74) is 5.75. The van der Waals surface area contributed by atoms with Gasteiger partial charge in [-0.1, -0.05) is 6.07 Å². The fraction of sp³-hybridized carbons (Fsp3) is 0.562. The molecule has 1 unspecified atom stereocenters. The molecule has 0 saturated heterocycles. The van der Waals surface area contributed by atoms with Crippen LogP contribution in [0.3, 0.4) is 0 Å². The van der Waals surface area contributed by atoms with Crippen molar-refractivity contribution < 1.29 is 14.3 Å². The number of hydrogen-bond acceptors (Lipinski definition) is 3. The van der Waals surface area contributed by atoms with E-state index in [0.29, 0.717) is 31.2 Å². The van der Waals surface area contributed by atoms with E-state index in [1.807, 2.05) is 0 Å². The Bertz CT molecular complexity index is 519. The van der Waals surface area contributed by atoms with Crippen molar-refractivity contribution in [3.05, 3.63) is 35.1 Å². The van der Waals surface area contributed by atoms with Gasteiger partial charge in [-0.05, 0) is 57.2 Å². The molecule has 0 aliphatic heterocycles. The summed E-state index contributed by atoms with van der Waals surface area (Å²) in [5.74, 6) is -0.958. The Morgan fingerprint density at radius 1 is 1.48 bits per heavy atom. The quantitative estimate of drug-likeness (QED) is 0.800. The van der Waals surface area contributed by atoms with Crippen LogP contribution in [0.5, 0.6) is 0 Å². The van der Waals surface area contributed by atoms with E-state index in [1.165, 1.54) is 12.1 Å². The molecular weight excluding hydrogens is 271 g/mol. The van der Waals surface area contributed by atoms with Gasteiger partial charge in [-0.25, -0.2) is 4.39 Å². The minimum atomic E-state index is -0.647. The molecule has 21 heavy (non-hydrogen) atoms. The number of halogens is 1. The van der Waals surface area contributed by atoms with Gasteiger partial charge in [0.25, 0.3) is 5.91 Å². The number of amides is 1. The van der Waals surface area contributed by atoms with Gasteiger partial charge in [0.2, 0.25) is 0 Å². The predicted octanol–water partition coefficient (Wildman–Crippen LogP) is 2.27. The van der Waals surface area contributed by atoms with E-state index in [4.69, 9.17) is 5.73 Å². The zero-order chi connectivity index (χ0) is 15.6. The molecule has 1 aliphatic carbocycles. The Morgan fingerprint density at radius 3 is 2.62 bits per heavy atom. The minimum absolute atomic E-state index is 0.00904. The van der Waals surface area contributed by atoms with Crippen LogP contribution < -0.4 is 11.1 Å². The molecule has 1 saturated carbocycles. The maximum Gasteiger partial charge on any atom is 0.254 e. The van der Waals surface area contributed by atoms with Gasteiger partial charge in [-0.3, -0.25) is 4.79 Å². The van der Waals surface area contributed by atoms with Crippen molar-refractivity contribution in [3.63, 3.8) is 0 Å². The SMILES string of the molecule is CC(N)c1ccc(C(=O)NC2CCC(C)(O)CC2)c(F)c1. The van der Waals surface area contributed by atoms with Crippen LogP contribution >= 0.6 is 0 Å². The largest absolute Gasteiger partial charge is 0.390 e. The molecule has 4 N–H and O–H groups in total. The van der Waals surface area contributed by atoms with Crippen molar-refractivity contribution in [2.45, 2.75) is 57.2 Å². The number of carbonyl (C=O) groups is 1. The Labute approximate surface area is 124 Å². The van der Waals surface area contributed by atoms with Crippen molar-refractivity contribution in [2.24, 2.45) is 5.73 Å². The third-order valence-corrected chi connectivity index (χ3v) is 4.16. The van der Waals surface area contributed by atoms with E-state index < -0.39 is 17.3 Å². The third kappa shape index (κ3) is 4.02. The van der Waals surface area contributed by atoms with Gasteiger partial charge in [0.1, 0.15) is 5.82 Å². The smallest absolute Gasteiger partial charge is 0.254 e. The van der Waals surface area contributed by atoms with Gasteiger partial charge < -0.3 is 16.2 Å².